The maximum Gasteiger partial charge on any atom is 0.0254 e. The van der Waals surface area contributed by atoms with Crippen LogP contribution in [0.2, 0.25) is 0 Å². The molecular weight excluding hydrogens is 272 g/mol. The third-order valence-electron chi connectivity index (χ3n) is 3.68. The van der Waals surface area contributed by atoms with Crippen LogP contribution in [-0.2, 0) is 0 Å². The van der Waals surface area contributed by atoms with Crippen LogP contribution in [-0.4, -0.2) is 0 Å². The van der Waals surface area contributed by atoms with Crippen molar-refractivity contribution < 1.29 is 0 Å². The van der Waals surface area contributed by atoms with Crippen molar-refractivity contribution in [3.8, 4) is 0 Å². The summed E-state index contributed by atoms with van der Waals surface area (Å²) in [5, 5.41) is 2.67. The normalized spacial score (nSPS) is 19.6. The summed E-state index contributed by atoms with van der Waals surface area (Å²) in [7, 11) is 0. The van der Waals surface area contributed by atoms with Gasteiger partial charge in [-0.3, -0.25) is 0 Å². The predicted molar refractivity (Wildman–Crippen MR) is 78.0 cm³/mol. The summed E-state index contributed by atoms with van der Waals surface area (Å²) < 4.78 is 1.18. The highest BCUT2D eigenvalue weighted by molar-refractivity contribution is 9.10. The molecule has 86 valence electrons. The van der Waals surface area contributed by atoms with Gasteiger partial charge in [0, 0.05) is 4.47 Å². The SMILES string of the molecule is CC1CCC=C1c1ccc(Br)c2ccccc12. The van der Waals surface area contributed by atoms with E-state index in [1.807, 2.05) is 0 Å². The molecule has 0 heterocycles. The van der Waals surface area contributed by atoms with E-state index >= 15 is 0 Å². The summed E-state index contributed by atoms with van der Waals surface area (Å²) in [6.45, 7) is 2.33. The zero-order valence-electron chi connectivity index (χ0n) is 9.91. The molecule has 2 aromatic rings. The van der Waals surface area contributed by atoms with Gasteiger partial charge in [0.05, 0.1) is 0 Å². The molecule has 0 saturated heterocycles. The monoisotopic (exact) mass is 286 g/mol. The lowest BCUT2D eigenvalue weighted by Crippen LogP contribution is -1.94. The van der Waals surface area contributed by atoms with Crippen LogP contribution in [0.15, 0.2) is 46.9 Å². The van der Waals surface area contributed by atoms with Gasteiger partial charge in [-0.15, -0.1) is 0 Å². The molecule has 0 amide bonds. The van der Waals surface area contributed by atoms with Crippen LogP contribution in [0.3, 0.4) is 0 Å². The lowest BCUT2D eigenvalue weighted by atomic mass is 9.92. The number of fused-ring (bicyclic) bond motifs is 1. The Hall–Kier alpha value is -1.08. The van der Waals surface area contributed by atoms with E-state index in [-0.39, 0.29) is 0 Å². The average molecular weight is 287 g/mol. The van der Waals surface area contributed by atoms with Gasteiger partial charge < -0.3 is 0 Å². The van der Waals surface area contributed by atoms with Crippen LogP contribution in [0, 0.1) is 5.92 Å². The van der Waals surface area contributed by atoms with E-state index < -0.39 is 0 Å². The summed E-state index contributed by atoms with van der Waals surface area (Å²) in [6.07, 6.45) is 4.92. The fourth-order valence-corrected chi connectivity index (χ4v) is 3.21. The largest absolute Gasteiger partial charge is 0.0804 e. The average Bonchev–Trinajstić information content (AvgIpc) is 2.77. The molecule has 0 spiro atoms. The highest BCUT2D eigenvalue weighted by atomic mass is 79.9. The van der Waals surface area contributed by atoms with Crippen molar-refractivity contribution in [2.24, 2.45) is 5.92 Å². The van der Waals surface area contributed by atoms with Gasteiger partial charge in [0.1, 0.15) is 0 Å². The molecule has 0 bridgehead atoms. The third kappa shape index (κ3) is 1.83. The van der Waals surface area contributed by atoms with Crippen molar-refractivity contribution in [1.82, 2.24) is 0 Å². The first-order chi connectivity index (χ1) is 8.27. The van der Waals surface area contributed by atoms with Crippen LogP contribution in [0.1, 0.15) is 25.3 Å². The lowest BCUT2D eigenvalue weighted by Gasteiger charge is -2.13. The number of hydrogen-bond donors (Lipinski definition) is 0. The minimum absolute atomic E-state index is 0.694. The van der Waals surface area contributed by atoms with Crippen molar-refractivity contribution in [1.29, 1.82) is 0 Å². The maximum atomic E-state index is 3.64. The van der Waals surface area contributed by atoms with E-state index in [0.717, 1.165) is 0 Å². The fraction of sp³-hybridized carbons (Fsp3) is 0.250. The number of rotatable bonds is 1. The van der Waals surface area contributed by atoms with E-state index in [1.54, 1.807) is 0 Å². The molecule has 0 N–H and O–H groups in total. The van der Waals surface area contributed by atoms with Crippen LogP contribution >= 0.6 is 15.9 Å². The van der Waals surface area contributed by atoms with Crippen molar-refractivity contribution >= 4 is 32.3 Å². The summed E-state index contributed by atoms with van der Waals surface area (Å²) in [6, 6.07) is 13.1. The fourth-order valence-electron chi connectivity index (χ4n) is 2.73. The van der Waals surface area contributed by atoms with Crippen molar-refractivity contribution in [2.45, 2.75) is 19.8 Å². The van der Waals surface area contributed by atoms with Gasteiger partial charge in [-0.05, 0) is 46.7 Å². The molecule has 1 atom stereocenters. The molecule has 17 heavy (non-hydrogen) atoms. The van der Waals surface area contributed by atoms with Crippen LogP contribution < -0.4 is 0 Å². The standard InChI is InChI=1S/C16H15Br/c1-11-5-4-8-12(11)14-9-10-16(17)15-7-3-2-6-13(14)15/h2-3,6-11H,4-5H2,1H3. The molecule has 0 nitrogen and oxygen atoms in total. The molecule has 0 aromatic heterocycles. The quantitative estimate of drug-likeness (QED) is 0.657. The van der Waals surface area contributed by atoms with Crippen LogP contribution in [0.25, 0.3) is 16.3 Å². The Kier molecular flexibility index (Phi) is 2.79. The summed E-state index contributed by atoms with van der Waals surface area (Å²) >= 11 is 3.64. The number of benzene rings is 2. The number of allylic oxidation sites excluding steroid dienone is 2. The minimum atomic E-state index is 0.694. The van der Waals surface area contributed by atoms with Gasteiger partial charge in [0.2, 0.25) is 0 Å². The molecule has 0 aliphatic heterocycles. The van der Waals surface area contributed by atoms with E-state index in [9.17, 15) is 0 Å². The van der Waals surface area contributed by atoms with Crippen LogP contribution in [0.4, 0.5) is 0 Å². The Morgan fingerprint density at radius 1 is 1.06 bits per heavy atom. The second-order valence-electron chi connectivity index (χ2n) is 4.78. The summed E-state index contributed by atoms with van der Waals surface area (Å²) in [5.74, 6) is 0.694. The Morgan fingerprint density at radius 3 is 2.53 bits per heavy atom. The van der Waals surface area contributed by atoms with Gasteiger partial charge in [-0.1, -0.05) is 59.3 Å². The van der Waals surface area contributed by atoms with E-state index in [1.165, 1.54) is 39.2 Å². The molecule has 0 saturated carbocycles. The first-order valence-electron chi connectivity index (χ1n) is 6.15. The van der Waals surface area contributed by atoms with Crippen molar-refractivity contribution in [3.63, 3.8) is 0 Å². The van der Waals surface area contributed by atoms with Gasteiger partial charge >= 0.3 is 0 Å². The van der Waals surface area contributed by atoms with E-state index in [4.69, 9.17) is 0 Å². The number of halogens is 1. The Bertz CT molecular complexity index is 595. The molecule has 2 aromatic carbocycles. The molecule has 0 radical (unpaired) electrons. The molecule has 1 aliphatic carbocycles. The first-order valence-corrected chi connectivity index (χ1v) is 6.94. The zero-order valence-corrected chi connectivity index (χ0v) is 11.5. The highest BCUT2D eigenvalue weighted by Crippen LogP contribution is 2.38. The van der Waals surface area contributed by atoms with Crippen LogP contribution in [0.5, 0.6) is 0 Å². The topological polar surface area (TPSA) is 0 Å². The van der Waals surface area contributed by atoms with Crippen molar-refractivity contribution in [3.05, 3.63) is 52.5 Å². The molecule has 1 unspecified atom stereocenters. The molecular formula is C16H15Br. The zero-order chi connectivity index (χ0) is 11.8. The minimum Gasteiger partial charge on any atom is -0.0804 e. The summed E-state index contributed by atoms with van der Waals surface area (Å²) in [5.41, 5.74) is 2.93. The maximum absolute atomic E-state index is 3.64. The first kappa shape index (κ1) is 11.0. The van der Waals surface area contributed by atoms with Gasteiger partial charge in [-0.2, -0.15) is 0 Å². The smallest absolute Gasteiger partial charge is 0.0254 e. The van der Waals surface area contributed by atoms with Crippen molar-refractivity contribution in [2.75, 3.05) is 0 Å². The molecule has 1 heteroatoms. The second kappa shape index (κ2) is 4.30. The molecule has 0 fully saturated rings. The lowest BCUT2D eigenvalue weighted by molar-refractivity contribution is 0.715. The van der Waals surface area contributed by atoms with E-state index in [0.29, 0.717) is 5.92 Å². The Labute approximate surface area is 110 Å². The highest BCUT2D eigenvalue weighted by Gasteiger charge is 2.18. The van der Waals surface area contributed by atoms with E-state index in [2.05, 4.69) is 65.3 Å². The predicted octanol–water partition coefficient (Wildman–Crippen LogP) is 5.42. The summed E-state index contributed by atoms with van der Waals surface area (Å²) in [4.78, 5) is 0. The number of hydrogen-bond acceptors (Lipinski definition) is 0. The second-order valence-corrected chi connectivity index (χ2v) is 5.63. The van der Waals surface area contributed by atoms with Gasteiger partial charge in [0.25, 0.3) is 0 Å². The Morgan fingerprint density at radius 2 is 1.82 bits per heavy atom. The molecule has 1 aliphatic rings. The van der Waals surface area contributed by atoms with Gasteiger partial charge in [-0.25, -0.2) is 0 Å². The third-order valence-corrected chi connectivity index (χ3v) is 4.37. The van der Waals surface area contributed by atoms with Gasteiger partial charge in [0.15, 0.2) is 0 Å². The Balaban J connectivity index is 2.27. The molecule has 3 rings (SSSR count).